The molecule has 2 rings (SSSR count). The van der Waals surface area contributed by atoms with Gasteiger partial charge in [-0.25, -0.2) is 4.99 Å². The summed E-state index contributed by atoms with van der Waals surface area (Å²) in [4.78, 5) is 16.0. The minimum atomic E-state index is -0.144. The highest BCUT2D eigenvalue weighted by Gasteiger charge is 2.07. The monoisotopic (exact) mass is 516 g/mol. The predicted molar refractivity (Wildman–Crippen MR) is 126 cm³/mol. The molecule has 0 saturated carbocycles. The van der Waals surface area contributed by atoms with Crippen LogP contribution in [0.3, 0.4) is 0 Å². The number of anilines is 1. The van der Waals surface area contributed by atoms with Crippen LogP contribution >= 0.6 is 35.6 Å². The van der Waals surface area contributed by atoms with Crippen molar-refractivity contribution >= 4 is 53.1 Å². The van der Waals surface area contributed by atoms with Crippen molar-refractivity contribution in [1.82, 2.24) is 10.6 Å². The highest BCUT2D eigenvalue weighted by atomic mass is 127. The first-order valence-electron chi connectivity index (χ1n) is 8.73. The molecule has 0 aromatic heterocycles. The fraction of sp³-hybridized carbons (Fsp3) is 0.300. The van der Waals surface area contributed by atoms with Crippen molar-refractivity contribution in [3.63, 3.8) is 0 Å². The van der Waals surface area contributed by atoms with Gasteiger partial charge in [-0.05, 0) is 42.3 Å². The van der Waals surface area contributed by atoms with Gasteiger partial charge < -0.3 is 20.7 Å². The molecule has 0 bridgehead atoms. The predicted octanol–water partition coefficient (Wildman–Crippen LogP) is 4.18. The maximum Gasteiger partial charge on any atom is 0.221 e. The number of carbonyl (C=O) groups is 1. The minimum Gasteiger partial charge on any atom is -0.495 e. The van der Waals surface area contributed by atoms with E-state index in [9.17, 15) is 4.79 Å². The number of methoxy groups -OCH3 is 1. The molecule has 152 valence electrons. The third-order valence-corrected chi connectivity index (χ3v) is 3.92. The van der Waals surface area contributed by atoms with E-state index in [4.69, 9.17) is 16.3 Å². The molecule has 2 aromatic carbocycles. The number of rotatable bonds is 7. The molecule has 0 aliphatic heterocycles. The zero-order valence-corrected chi connectivity index (χ0v) is 19.3. The Morgan fingerprint density at radius 1 is 1.14 bits per heavy atom. The van der Waals surface area contributed by atoms with Gasteiger partial charge in [-0.15, -0.1) is 24.0 Å². The molecule has 0 aliphatic rings. The number of nitrogens with one attached hydrogen (secondary N) is 3. The maximum absolute atomic E-state index is 11.4. The van der Waals surface area contributed by atoms with Gasteiger partial charge in [0, 0.05) is 25.0 Å². The number of hydrogen-bond acceptors (Lipinski definition) is 3. The third-order valence-electron chi connectivity index (χ3n) is 3.69. The van der Waals surface area contributed by atoms with E-state index in [1.807, 2.05) is 49.4 Å². The first-order chi connectivity index (χ1) is 13.0. The molecule has 2 aromatic rings. The first-order valence-corrected chi connectivity index (χ1v) is 9.10. The highest BCUT2D eigenvalue weighted by Crippen LogP contribution is 2.25. The highest BCUT2D eigenvalue weighted by molar-refractivity contribution is 14.0. The Bertz CT molecular complexity index is 815. The summed E-state index contributed by atoms with van der Waals surface area (Å²) in [5.41, 5.74) is 2.68. The van der Waals surface area contributed by atoms with Gasteiger partial charge in [-0.2, -0.15) is 0 Å². The van der Waals surface area contributed by atoms with Gasteiger partial charge in [0.2, 0.25) is 5.91 Å². The van der Waals surface area contributed by atoms with Crippen LogP contribution in [0.5, 0.6) is 5.75 Å². The first kappa shape index (κ1) is 24.0. The number of benzene rings is 2. The van der Waals surface area contributed by atoms with E-state index < -0.39 is 0 Å². The molecular weight excluding hydrogens is 491 g/mol. The van der Waals surface area contributed by atoms with Crippen LogP contribution in [0.25, 0.3) is 0 Å². The Morgan fingerprint density at radius 3 is 2.57 bits per heavy atom. The van der Waals surface area contributed by atoms with Crippen molar-refractivity contribution in [3.05, 3.63) is 58.6 Å². The lowest BCUT2D eigenvalue weighted by Gasteiger charge is -2.14. The summed E-state index contributed by atoms with van der Waals surface area (Å²) in [6.07, 6.45) is 0. The van der Waals surface area contributed by atoms with Crippen molar-refractivity contribution in [1.29, 1.82) is 0 Å². The Kier molecular flexibility index (Phi) is 10.7. The summed E-state index contributed by atoms with van der Waals surface area (Å²) in [7, 11) is 1.57. The molecule has 8 heteroatoms. The van der Waals surface area contributed by atoms with Crippen LogP contribution < -0.4 is 20.7 Å². The van der Waals surface area contributed by atoms with E-state index in [0.29, 0.717) is 35.5 Å². The fourth-order valence-electron chi connectivity index (χ4n) is 2.49. The Morgan fingerprint density at radius 2 is 1.93 bits per heavy atom. The van der Waals surface area contributed by atoms with Crippen LogP contribution in [0, 0.1) is 0 Å². The van der Waals surface area contributed by atoms with Crippen LogP contribution in [0.2, 0.25) is 5.02 Å². The van der Waals surface area contributed by atoms with Crippen LogP contribution in [-0.2, 0) is 17.9 Å². The third kappa shape index (κ3) is 7.93. The smallest absolute Gasteiger partial charge is 0.221 e. The summed E-state index contributed by atoms with van der Waals surface area (Å²) in [5, 5.41) is 9.99. The van der Waals surface area contributed by atoms with E-state index >= 15 is 0 Å². The number of hydrogen-bond donors (Lipinski definition) is 3. The average molecular weight is 517 g/mol. The van der Waals surface area contributed by atoms with Crippen molar-refractivity contribution in [2.24, 2.45) is 4.99 Å². The lowest BCUT2D eigenvalue weighted by atomic mass is 10.2. The lowest BCUT2D eigenvalue weighted by molar-refractivity contribution is -0.114. The average Bonchev–Trinajstić information content (AvgIpc) is 2.64. The largest absolute Gasteiger partial charge is 0.495 e. The molecule has 0 saturated heterocycles. The molecule has 3 N–H and O–H groups in total. The molecule has 0 radical (unpaired) electrons. The van der Waals surface area contributed by atoms with Gasteiger partial charge in [-0.1, -0.05) is 29.8 Å². The SMILES string of the molecule is CCNC(=NCc1cccc(Cl)c1)NCc1ccc(OC)c(NC(C)=O)c1.I. The molecule has 0 spiro atoms. The Labute approximate surface area is 188 Å². The second-order valence-electron chi connectivity index (χ2n) is 5.89. The topological polar surface area (TPSA) is 74.8 Å². The molecular formula is C20H26ClIN4O2. The van der Waals surface area contributed by atoms with E-state index in [-0.39, 0.29) is 29.9 Å². The van der Waals surface area contributed by atoms with Gasteiger partial charge in [0.25, 0.3) is 0 Å². The van der Waals surface area contributed by atoms with E-state index in [2.05, 4.69) is 20.9 Å². The summed E-state index contributed by atoms with van der Waals surface area (Å²) >= 11 is 6.02. The lowest BCUT2D eigenvalue weighted by Crippen LogP contribution is -2.36. The van der Waals surface area contributed by atoms with E-state index in [0.717, 1.165) is 17.7 Å². The van der Waals surface area contributed by atoms with Crippen LogP contribution in [-0.4, -0.2) is 25.5 Å². The molecule has 6 nitrogen and oxygen atoms in total. The number of amides is 1. The number of nitrogens with zero attached hydrogens (tertiary/aromatic N) is 1. The Balaban J connectivity index is 0.00000392. The van der Waals surface area contributed by atoms with Crippen molar-refractivity contribution in [3.8, 4) is 5.75 Å². The summed E-state index contributed by atoms with van der Waals surface area (Å²) in [5.74, 6) is 1.18. The summed E-state index contributed by atoms with van der Waals surface area (Å²) in [6.45, 7) is 5.31. The quantitative estimate of drug-likeness (QED) is 0.293. The minimum absolute atomic E-state index is 0. The van der Waals surface area contributed by atoms with Crippen LogP contribution in [0.1, 0.15) is 25.0 Å². The molecule has 0 atom stereocenters. The molecule has 0 aliphatic carbocycles. The summed E-state index contributed by atoms with van der Waals surface area (Å²) in [6, 6.07) is 13.3. The normalized spacial score (nSPS) is 10.6. The molecule has 0 fully saturated rings. The molecule has 0 unspecified atom stereocenters. The van der Waals surface area contributed by atoms with Crippen molar-refractivity contribution < 1.29 is 9.53 Å². The van der Waals surface area contributed by atoms with Crippen molar-refractivity contribution in [2.45, 2.75) is 26.9 Å². The Hall–Kier alpha value is -2.00. The number of carbonyl (C=O) groups excluding carboxylic acids is 1. The summed E-state index contributed by atoms with van der Waals surface area (Å²) < 4.78 is 5.28. The van der Waals surface area contributed by atoms with Gasteiger partial charge in [0.15, 0.2) is 5.96 Å². The molecule has 0 heterocycles. The molecule has 28 heavy (non-hydrogen) atoms. The zero-order valence-electron chi connectivity index (χ0n) is 16.2. The van der Waals surface area contributed by atoms with Gasteiger partial charge in [0.1, 0.15) is 5.75 Å². The number of aliphatic imine (C=N–C) groups is 1. The maximum atomic E-state index is 11.4. The standard InChI is InChI=1S/C20H25ClN4O2.HI/c1-4-22-20(23-12-15-6-5-7-17(21)10-15)24-13-16-8-9-19(27-3)18(11-16)25-14(2)26;/h5-11H,4,12-13H2,1-3H3,(H,25,26)(H2,22,23,24);1H. The second kappa shape index (κ2) is 12.5. The number of guanidine groups is 1. The van der Waals surface area contributed by atoms with E-state index in [1.165, 1.54) is 6.92 Å². The van der Waals surface area contributed by atoms with Gasteiger partial charge >= 0.3 is 0 Å². The second-order valence-corrected chi connectivity index (χ2v) is 6.33. The van der Waals surface area contributed by atoms with Crippen LogP contribution in [0.15, 0.2) is 47.5 Å². The number of ether oxygens (including phenoxy) is 1. The fourth-order valence-corrected chi connectivity index (χ4v) is 2.70. The van der Waals surface area contributed by atoms with Crippen LogP contribution in [0.4, 0.5) is 5.69 Å². The number of halogens is 2. The van der Waals surface area contributed by atoms with Gasteiger partial charge in [-0.3, -0.25) is 4.79 Å². The zero-order chi connectivity index (χ0) is 19.6. The van der Waals surface area contributed by atoms with E-state index in [1.54, 1.807) is 7.11 Å². The van der Waals surface area contributed by atoms with Gasteiger partial charge in [0.05, 0.1) is 19.3 Å². The molecule has 1 amide bonds. The van der Waals surface area contributed by atoms with Crippen molar-refractivity contribution in [2.75, 3.05) is 19.0 Å².